The molecule has 15 heavy (non-hydrogen) atoms. The monoisotopic (exact) mass is 211 g/mol. The van der Waals surface area contributed by atoms with E-state index in [0.29, 0.717) is 12.7 Å². The van der Waals surface area contributed by atoms with E-state index in [1.54, 1.807) is 20.8 Å². The van der Waals surface area contributed by atoms with Crippen LogP contribution in [-0.4, -0.2) is 43.2 Å². The number of carbonyl (C=O) groups is 2. The first-order valence-electron chi connectivity index (χ1n) is 5.00. The van der Waals surface area contributed by atoms with Crippen LogP contribution >= 0.6 is 0 Å². The summed E-state index contributed by atoms with van der Waals surface area (Å²) < 4.78 is 5.12. The van der Waals surface area contributed by atoms with Gasteiger partial charge in [0.1, 0.15) is 11.9 Å². The molecule has 1 amide bonds. The van der Waals surface area contributed by atoms with E-state index in [2.05, 4.69) is 0 Å². The van der Waals surface area contributed by atoms with Crippen LogP contribution in [0.1, 0.15) is 34.1 Å². The Morgan fingerprint density at radius 3 is 2.33 bits per heavy atom. The summed E-state index contributed by atoms with van der Waals surface area (Å²) in [5.41, 5.74) is -0.578. The van der Waals surface area contributed by atoms with Gasteiger partial charge in [-0.1, -0.05) is 6.92 Å². The number of hydrogen-bond donors (Lipinski definition) is 0. The third-order valence-electron chi connectivity index (χ3n) is 1.80. The third-order valence-corrected chi connectivity index (χ3v) is 1.80. The maximum atomic E-state index is 11.6. The van der Waals surface area contributed by atoms with Gasteiger partial charge in [-0.05, 0) is 33.6 Å². The van der Waals surface area contributed by atoms with Crippen LogP contribution < -0.4 is 0 Å². The van der Waals surface area contributed by atoms with Crippen molar-refractivity contribution in [2.45, 2.75) is 45.8 Å². The number of nitrogens with zero attached hydrogens (tertiary/aromatic N) is 1. The number of aldehydes is 1. The molecule has 0 fully saturated rings. The minimum absolute atomic E-state index is 0.0217. The first-order valence-corrected chi connectivity index (χ1v) is 5.00. The number of amides is 1. The molecular formula is C10H18BNO3. The smallest absolute Gasteiger partial charge is 0.410 e. The van der Waals surface area contributed by atoms with Gasteiger partial charge in [-0.3, -0.25) is 0 Å². The zero-order valence-electron chi connectivity index (χ0n) is 9.82. The fourth-order valence-corrected chi connectivity index (χ4v) is 1.06. The Kier molecular flexibility index (Phi) is 5.40. The lowest BCUT2D eigenvalue weighted by molar-refractivity contribution is -0.112. The summed E-state index contributed by atoms with van der Waals surface area (Å²) in [7, 11) is 5.41. The van der Waals surface area contributed by atoms with Crippen LogP contribution in [0.4, 0.5) is 4.79 Å². The summed E-state index contributed by atoms with van der Waals surface area (Å²) in [6.07, 6.45) is 0.659. The fourth-order valence-electron chi connectivity index (χ4n) is 1.06. The van der Waals surface area contributed by atoms with Gasteiger partial charge in [-0.25, -0.2) is 4.79 Å². The highest BCUT2D eigenvalue weighted by molar-refractivity contribution is 6.10. The molecule has 2 radical (unpaired) electrons. The van der Waals surface area contributed by atoms with Crippen molar-refractivity contribution >= 4 is 20.2 Å². The molecule has 0 spiro atoms. The molecular weight excluding hydrogens is 193 g/mol. The molecule has 0 saturated heterocycles. The molecule has 0 aromatic heterocycles. The molecule has 0 heterocycles. The summed E-state index contributed by atoms with van der Waals surface area (Å²) >= 11 is 0. The van der Waals surface area contributed by atoms with E-state index in [1.165, 1.54) is 4.90 Å². The Hall–Kier alpha value is -0.995. The Morgan fingerprint density at radius 2 is 2.07 bits per heavy atom. The normalized spacial score (nSPS) is 13.1. The molecule has 0 aliphatic carbocycles. The summed E-state index contributed by atoms with van der Waals surface area (Å²) in [6.45, 7) is 7.11. The highest BCUT2D eigenvalue weighted by Crippen LogP contribution is 2.11. The Morgan fingerprint density at radius 1 is 1.53 bits per heavy atom. The van der Waals surface area contributed by atoms with Crippen LogP contribution in [0.2, 0.25) is 0 Å². The Labute approximate surface area is 92.4 Å². The predicted molar refractivity (Wildman–Crippen MR) is 58.8 cm³/mol. The van der Waals surface area contributed by atoms with Gasteiger partial charge in [0.05, 0.1) is 13.9 Å². The lowest BCUT2D eigenvalue weighted by Gasteiger charge is -2.29. The number of rotatable bonds is 4. The second-order valence-corrected chi connectivity index (χ2v) is 4.24. The van der Waals surface area contributed by atoms with Crippen LogP contribution in [0.5, 0.6) is 0 Å². The van der Waals surface area contributed by atoms with E-state index in [0.717, 1.165) is 0 Å². The molecule has 0 aliphatic heterocycles. The lowest BCUT2D eigenvalue weighted by Crippen LogP contribution is -2.44. The molecule has 84 valence electrons. The van der Waals surface area contributed by atoms with Crippen molar-refractivity contribution in [3.05, 3.63) is 0 Å². The average molecular weight is 211 g/mol. The molecule has 0 rings (SSSR count). The van der Waals surface area contributed by atoms with Gasteiger partial charge in [-0.15, -0.1) is 0 Å². The molecule has 4 nitrogen and oxygen atoms in total. The highest BCUT2D eigenvalue weighted by Gasteiger charge is 2.25. The van der Waals surface area contributed by atoms with Crippen LogP contribution in [-0.2, 0) is 9.53 Å². The second kappa shape index (κ2) is 5.78. The van der Waals surface area contributed by atoms with E-state index in [1.807, 2.05) is 6.92 Å². The summed E-state index contributed by atoms with van der Waals surface area (Å²) in [5.74, 6) is 0. The van der Waals surface area contributed by atoms with Gasteiger partial charge >= 0.3 is 6.09 Å². The average Bonchev–Trinajstić information content (AvgIpc) is 2.10. The summed E-state index contributed by atoms with van der Waals surface area (Å²) in [6, 6.07) is -0.509. The minimum Gasteiger partial charge on any atom is -0.444 e. The molecule has 0 saturated carbocycles. The third kappa shape index (κ3) is 4.86. The predicted octanol–water partition coefficient (Wildman–Crippen LogP) is 1.33. The SMILES string of the molecule is [B]CN(C(=O)OC(C)(C)C)[C@@H](C=O)CC. The lowest BCUT2D eigenvalue weighted by atomic mass is 10.1. The summed E-state index contributed by atoms with van der Waals surface area (Å²) in [4.78, 5) is 23.5. The van der Waals surface area contributed by atoms with Gasteiger partial charge in [0.25, 0.3) is 0 Å². The van der Waals surface area contributed by atoms with Gasteiger partial charge in [0.15, 0.2) is 0 Å². The van der Waals surface area contributed by atoms with Crippen molar-refractivity contribution in [3.63, 3.8) is 0 Å². The fraction of sp³-hybridized carbons (Fsp3) is 0.800. The van der Waals surface area contributed by atoms with E-state index in [4.69, 9.17) is 12.6 Å². The van der Waals surface area contributed by atoms with Crippen LogP contribution in [0.15, 0.2) is 0 Å². The molecule has 0 aromatic carbocycles. The number of hydrogen-bond acceptors (Lipinski definition) is 3. The Bertz CT molecular complexity index is 225. The quantitative estimate of drug-likeness (QED) is 0.520. The van der Waals surface area contributed by atoms with Crippen molar-refractivity contribution in [1.82, 2.24) is 4.90 Å². The zero-order valence-corrected chi connectivity index (χ0v) is 9.82. The largest absolute Gasteiger partial charge is 0.444 e. The van der Waals surface area contributed by atoms with E-state index < -0.39 is 17.7 Å². The first-order chi connectivity index (χ1) is 6.85. The molecule has 0 bridgehead atoms. The molecule has 0 aliphatic rings. The standard InChI is InChI=1S/C10H18BNO3/c1-5-8(6-13)12(7-11)9(14)15-10(2,3)4/h6,8H,5,7H2,1-4H3/t8-/m1/s1. The van der Waals surface area contributed by atoms with Crippen LogP contribution in [0.25, 0.3) is 0 Å². The minimum atomic E-state index is -0.578. The molecule has 0 unspecified atom stereocenters. The Balaban J connectivity index is 4.53. The molecule has 1 atom stereocenters. The van der Waals surface area contributed by atoms with Crippen LogP contribution in [0, 0.1) is 0 Å². The van der Waals surface area contributed by atoms with Crippen LogP contribution in [0.3, 0.4) is 0 Å². The maximum Gasteiger partial charge on any atom is 0.410 e. The highest BCUT2D eigenvalue weighted by atomic mass is 16.6. The van der Waals surface area contributed by atoms with Gasteiger partial charge < -0.3 is 14.4 Å². The van der Waals surface area contributed by atoms with Gasteiger partial charge in [0.2, 0.25) is 0 Å². The summed E-state index contributed by atoms with van der Waals surface area (Å²) in [5, 5.41) is 0. The molecule has 0 aromatic rings. The topological polar surface area (TPSA) is 46.6 Å². The van der Waals surface area contributed by atoms with Crippen molar-refractivity contribution in [3.8, 4) is 0 Å². The number of carbonyl (C=O) groups excluding carboxylic acids is 2. The molecule has 5 heteroatoms. The zero-order chi connectivity index (χ0) is 12.1. The van der Waals surface area contributed by atoms with Gasteiger partial charge in [-0.2, -0.15) is 0 Å². The number of ether oxygens (including phenoxy) is 1. The van der Waals surface area contributed by atoms with Crippen molar-refractivity contribution in [1.29, 1.82) is 0 Å². The van der Waals surface area contributed by atoms with Crippen molar-refractivity contribution in [2.24, 2.45) is 0 Å². The van der Waals surface area contributed by atoms with E-state index in [9.17, 15) is 9.59 Å². The first kappa shape index (κ1) is 14.0. The van der Waals surface area contributed by atoms with Crippen molar-refractivity contribution < 1.29 is 14.3 Å². The van der Waals surface area contributed by atoms with Gasteiger partial charge in [0, 0.05) is 0 Å². The van der Waals surface area contributed by atoms with E-state index in [-0.39, 0.29) is 6.44 Å². The maximum absolute atomic E-state index is 11.6. The van der Waals surface area contributed by atoms with Crippen molar-refractivity contribution in [2.75, 3.05) is 6.44 Å². The second-order valence-electron chi connectivity index (χ2n) is 4.24. The van der Waals surface area contributed by atoms with E-state index >= 15 is 0 Å². The molecule has 0 N–H and O–H groups in total.